The van der Waals surface area contributed by atoms with Gasteiger partial charge in [-0.1, -0.05) is 0 Å². The van der Waals surface area contributed by atoms with Gasteiger partial charge in [0.25, 0.3) is 5.88 Å². The molecule has 0 spiro atoms. The number of nitrogens with two attached hydrogens (primary N) is 1. The molecule has 2 bridgehead atoms. The minimum Gasteiger partial charge on any atom is -0.467 e. The van der Waals surface area contributed by atoms with Crippen molar-refractivity contribution in [3.8, 4) is 23.2 Å². The van der Waals surface area contributed by atoms with Gasteiger partial charge in [-0.2, -0.15) is 10.4 Å². The van der Waals surface area contributed by atoms with Crippen LogP contribution in [-0.2, 0) is 13.5 Å². The van der Waals surface area contributed by atoms with Crippen LogP contribution >= 0.6 is 0 Å². The smallest absolute Gasteiger partial charge is 0.258 e. The largest absolute Gasteiger partial charge is 0.467 e. The lowest BCUT2D eigenvalue weighted by molar-refractivity contribution is 0.218. The Morgan fingerprint density at radius 2 is 2.21 bits per heavy atom. The van der Waals surface area contributed by atoms with Crippen molar-refractivity contribution < 1.29 is 9.13 Å². The number of aryl methyl sites for hydroxylation is 1. The van der Waals surface area contributed by atoms with Gasteiger partial charge in [0.1, 0.15) is 23.7 Å². The van der Waals surface area contributed by atoms with E-state index in [4.69, 9.17) is 10.5 Å². The van der Waals surface area contributed by atoms with Crippen LogP contribution in [0.15, 0.2) is 24.4 Å². The van der Waals surface area contributed by atoms with Crippen molar-refractivity contribution in [2.75, 3.05) is 17.2 Å². The molecule has 2 aliphatic heterocycles. The van der Waals surface area contributed by atoms with Crippen molar-refractivity contribution in [1.82, 2.24) is 19.7 Å². The molecule has 2 aliphatic rings. The number of hydrogen-bond acceptors (Lipinski definition) is 7. The standard InChI is InChI=1S/C20H18FN7O/c1-10-13-5-11(21)3-4-16(13)28-9-12(28)6-14-18(17(7-22)27(2)26-14)15-8-24-19(23)20(25-15)29-10/h3-5,8,10,12H,6,9H2,1-2H3,(H2,23,24). The Bertz CT molecular complexity index is 1180. The number of ether oxygens (including phenoxy) is 1. The molecule has 2 aromatic heterocycles. The minimum atomic E-state index is -0.489. The molecule has 5 rings (SSSR count). The fraction of sp³-hybridized carbons (Fsp3) is 0.300. The molecule has 0 radical (unpaired) electrons. The Kier molecular flexibility index (Phi) is 3.71. The first-order valence-corrected chi connectivity index (χ1v) is 9.28. The van der Waals surface area contributed by atoms with Crippen molar-refractivity contribution in [1.29, 1.82) is 5.26 Å². The number of rotatable bonds is 0. The SMILES string of the molecule is CC1Oc2nc(cnc2N)-c2c(nn(C)c2C#N)CC2CN2c2ccc(F)cc21. The van der Waals surface area contributed by atoms with Crippen LogP contribution in [0, 0.1) is 17.1 Å². The van der Waals surface area contributed by atoms with Crippen LogP contribution in [0.1, 0.15) is 30.0 Å². The molecule has 2 N–H and O–H groups in total. The normalized spacial score (nSPS) is 19.6. The molecular formula is C20H18FN7O. The van der Waals surface area contributed by atoms with Crippen molar-refractivity contribution in [3.63, 3.8) is 0 Å². The summed E-state index contributed by atoms with van der Waals surface area (Å²) in [6.07, 6.45) is 1.67. The van der Waals surface area contributed by atoms with Crippen molar-refractivity contribution in [2.45, 2.75) is 25.5 Å². The van der Waals surface area contributed by atoms with Gasteiger partial charge in [0, 0.05) is 31.3 Å². The van der Waals surface area contributed by atoms with Gasteiger partial charge in [-0.3, -0.25) is 4.68 Å². The number of benzene rings is 1. The van der Waals surface area contributed by atoms with Crippen molar-refractivity contribution in [3.05, 3.63) is 47.2 Å². The van der Waals surface area contributed by atoms with E-state index >= 15 is 0 Å². The van der Waals surface area contributed by atoms with Crippen LogP contribution in [0.5, 0.6) is 5.88 Å². The topological polar surface area (TPSA) is 106 Å². The lowest BCUT2D eigenvalue weighted by Crippen LogP contribution is -2.13. The predicted molar refractivity (Wildman–Crippen MR) is 104 cm³/mol. The van der Waals surface area contributed by atoms with E-state index in [1.54, 1.807) is 17.8 Å². The molecule has 29 heavy (non-hydrogen) atoms. The number of nitrogens with zero attached hydrogens (tertiary/aromatic N) is 6. The Morgan fingerprint density at radius 3 is 3.00 bits per heavy atom. The fourth-order valence-electron chi connectivity index (χ4n) is 3.92. The van der Waals surface area contributed by atoms with Gasteiger partial charge in [0.05, 0.1) is 29.2 Å². The number of aromatic nitrogens is 4. The highest BCUT2D eigenvalue weighted by molar-refractivity contribution is 5.70. The second-order valence-corrected chi connectivity index (χ2v) is 7.32. The number of halogens is 1. The van der Waals surface area contributed by atoms with Gasteiger partial charge in [-0.15, -0.1) is 0 Å². The first kappa shape index (κ1) is 17.4. The Hall–Kier alpha value is -3.67. The summed E-state index contributed by atoms with van der Waals surface area (Å²) in [5.74, 6) is -0.0563. The predicted octanol–water partition coefficient (Wildman–Crippen LogP) is 2.35. The van der Waals surface area contributed by atoms with Crippen molar-refractivity contribution in [2.24, 2.45) is 7.05 Å². The summed E-state index contributed by atoms with van der Waals surface area (Å²) in [6.45, 7) is 2.64. The van der Waals surface area contributed by atoms with Crippen LogP contribution in [0.4, 0.5) is 15.9 Å². The molecule has 0 aliphatic carbocycles. The van der Waals surface area contributed by atoms with Gasteiger partial charge in [-0.05, 0) is 25.1 Å². The molecule has 4 heterocycles. The third-order valence-corrected chi connectivity index (χ3v) is 5.42. The molecule has 2 unspecified atom stereocenters. The van der Waals surface area contributed by atoms with Gasteiger partial charge in [0.2, 0.25) is 0 Å². The summed E-state index contributed by atoms with van der Waals surface area (Å²) in [5.41, 5.74) is 9.91. The van der Waals surface area contributed by atoms with Gasteiger partial charge < -0.3 is 15.4 Å². The van der Waals surface area contributed by atoms with Crippen LogP contribution in [0.25, 0.3) is 11.3 Å². The van der Waals surface area contributed by atoms with E-state index in [-0.39, 0.29) is 23.6 Å². The number of anilines is 2. The third kappa shape index (κ3) is 2.76. The van der Waals surface area contributed by atoms with Gasteiger partial charge in [0.15, 0.2) is 5.82 Å². The number of nitriles is 1. The highest BCUT2D eigenvalue weighted by Crippen LogP contribution is 2.40. The molecule has 3 aromatic rings. The van der Waals surface area contributed by atoms with E-state index in [0.29, 0.717) is 23.4 Å². The van der Waals surface area contributed by atoms with Crippen LogP contribution < -0.4 is 15.4 Å². The van der Waals surface area contributed by atoms with Crippen LogP contribution in [-0.4, -0.2) is 32.3 Å². The quantitative estimate of drug-likeness (QED) is 0.586. The van der Waals surface area contributed by atoms with E-state index in [0.717, 1.165) is 23.5 Å². The number of fused-ring (bicyclic) bond motifs is 7. The van der Waals surface area contributed by atoms with Gasteiger partial charge in [-0.25, -0.2) is 14.4 Å². The zero-order valence-electron chi connectivity index (χ0n) is 15.9. The minimum absolute atomic E-state index is 0.129. The lowest BCUT2D eigenvalue weighted by Gasteiger charge is -2.20. The Labute approximate surface area is 166 Å². The Balaban J connectivity index is 1.72. The molecule has 2 atom stereocenters. The molecule has 146 valence electrons. The van der Waals surface area contributed by atoms with E-state index in [1.165, 1.54) is 18.3 Å². The molecule has 1 saturated heterocycles. The highest BCUT2D eigenvalue weighted by Gasteiger charge is 2.39. The maximum absolute atomic E-state index is 14.0. The Morgan fingerprint density at radius 1 is 1.38 bits per heavy atom. The summed E-state index contributed by atoms with van der Waals surface area (Å²) in [5, 5.41) is 14.2. The molecular weight excluding hydrogens is 373 g/mol. The third-order valence-electron chi connectivity index (χ3n) is 5.42. The van der Waals surface area contributed by atoms with E-state index in [1.807, 2.05) is 6.92 Å². The zero-order chi connectivity index (χ0) is 20.3. The molecule has 9 heteroatoms. The van der Waals surface area contributed by atoms with Crippen LogP contribution in [0.2, 0.25) is 0 Å². The maximum atomic E-state index is 14.0. The molecule has 0 amide bonds. The monoisotopic (exact) mass is 391 g/mol. The summed E-state index contributed by atoms with van der Waals surface area (Å²) in [7, 11) is 1.73. The molecule has 8 nitrogen and oxygen atoms in total. The highest BCUT2D eigenvalue weighted by atomic mass is 19.1. The fourth-order valence-corrected chi connectivity index (χ4v) is 3.92. The lowest BCUT2D eigenvalue weighted by atomic mass is 10.1. The zero-order valence-corrected chi connectivity index (χ0v) is 15.9. The number of nitrogen functional groups attached to an aromatic ring is 1. The van der Waals surface area contributed by atoms with E-state index in [9.17, 15) is 9.65 Å². The second kappa shape index (κ2) is 6.17. The molecule has 1 aromatic carbocycles. The average molecular weight is 391 g/mol. The summed E-state index contributed by atoms with van der Waals surface area (Å²) < 4.78 is 21.5. The van der Waals surface area contributed by atoms with E-state index < -0.39 is 6.10 Å². The second-order valence-electron chi connectivity index (χ2n) is 7.32. The number of hydrogen-bond donors (Lipinski definition) is 1. The van der Waals surface area contributed by atoms with Gasteiger partial charge >= 0.3 is 0 Å². The molecule has 0 saturated carbocycles. The summed E-state index contributed by atoms with van der Waals surface area (Å²) in [6, 6.07) is 7.10. The van der Waals surface area contributed by atoms with Crippen molar-refractivity contribution >= 4 is 11.5 Å². The molecule has 1 fully saturated rings. The van der Waals surface area contributed by atoms with Crippen LogP contribution in [0.3, 0.4) is 0 Å². The first-order valence-electron chi connectivity index (χ1n) is 9.28. The maximum Gasteiger partial charge on any atom is 0.258 e. The van der Waals surface area contributed by atoms with E-state index in [2.05, 4.69) is 26.0 Å². The first-order chi connectivity index (χ1) is 14.0. The summed E-state index contributed by atoms with van der Waals surface area (Å²) in [4.78, 5) is 10.9. The summed E-state index contributed by atoms with van der Waals surface area (Å²) >= 11 is 0. The average Bonchev–Trinajstić information content (AvgIpc) is 3.37.